The summed E-state index contributed by atoms with van der Waals surface area (Å²) in [4.78, 5) is 17.4. The molecule has 8 heteroatoms. The summed E-state index contributed by atoms with van der Waals surface area (Å²) in [5, 5.41) is 0.885. The molecule has 1 heterocycles. The van der Waals surface area contributed by atoms with Gasteiger partial charge in [0.25, 0.3) is 0 Å². The van der Waals surface area contributed by atoms with E-state index in [2.05, 4.69) is 4.99 Å². The van der Waals surface area contributed by atoms with E-state index in [4.69, 9.17) is 13.7 Å². The predicted octanol–water partition coefficient (Wildman–Crippen LogP) is 4.43. The molecule has 0 aromatic heterocycles. The fourth-order valence-corrected chi connectivity index (χ4v) is 3.71. The minimum Gasteiger partial charge on any atom is -0.286 e. The van der Waals surface area contributed by atoms with Crippen LogP contribution in [0, 0.1) is 0 Å². The van der Waals surface area contributed by atoms with Gasteiger partial charge >= 0.3 is 13.7 Å². The molecule has 146 valence electrons. The van der Waals surface area contributed by atoms with Gasteiger partial charge in [-0.1, -0.05) is 60.7 Å². The fourth-order valence-electron chi connectivity index (χ4n) is 2.55. The zero-order valence-electron chi connectivity index (χ0n) is 15.6. The number of benzene rings is 2. The van der Waals surface area contributed by atoms with E-state index in [0.717, 1.165) is 10.6 Å². The van der Waals surface area contributed by atoms with Gasteiger partial charge in [-0.3, -0.25) is 13.8 Å². The van der Waals surface area contributed by atoms with Crippen LogP contribution in [-0.4, -0.2) is 30.0 Å². The van der Waals surface area contributed by atoms with Crippen LogP contribution in [0.1, 0.15) is 25.0 Å². The number of amides is 1. The molecule has 0 bridgehead atoms. The molecule has 2 aromatic rings. The number of amidine groups is 1. The Balaban J connectivity index is 2.00. The second-order valence-corrected chi connectivity index (χ2v) is 7.28. The third-order valence-corrected chi connectivity index (χ3v) is 5.23. The van der Waals surface area contributed by atoms with E-state index >= 15 is 0 Å². The molecule has 0 aliphatic carbocycles. The van der Waals surface area contributed by atoms with Gasteiger partial charge in [0.1, 0.15) is 5.70 Å². The summed E-state index contributed by atoms with van der Waals surface area (Å²) in [5.74, 6) is -0.338. The normalized spacial score (nSPS) is 15.9. The number of aliphatic imine (C=N–C) groups is 1. The zero-order valence-corrected chi connectivity index (χ0v) is 16.5. The number of rotatable bonds is 8. The van der Waals surface area contributed by atoms with Crippen LogP contribution in [0.25, 0.3) is 6.08 Å². The SMILES string of the molecule is CCOP(=O)(OCC)ON1C(=O)/C(=C/c2ccccc2)N=C1c1ccccc1. The van der Waals surface area contributed by atoms with E-state index in [1.165, 1.54) is 0 Å². The summed E-state index contributed by atoms with van der Waals surface area (Å²) >= 11 is 0. The second-order valence-electron chi connectivity index (χ2n) is 5.71. The second kappa shape index (κ2) is 9.08. The van der Waals surface area contributed by atoms with Crippen molar-refractivity contribution in [3.63, 3.8) is 0 Å². The molecule has 0 unspecified atom stereocenters. The summed E-state index contributed by atoms with van der Waals surface area (Å²) in [6.07, 6.45) is 1.64. The van der Waals surface area contributed by atoms with Crippen LogP contribution in [0.15, 0.2) is 71.4 Å². The van der Waals surface area contributed by atoms with Gasteiger partial charge in [0.05, 0.1) is 13.2 Å². The monoisotopic (exact) mass is 400 g/mol. The highest BCUT2D eigenvalue weighted by molar-refractivity contribution is 7.48. The predicted molar refractivity (Wildman–Crippen MR) is 106 cm³/mol. The maximum atomic E-state index is 13.0. The van der Waals surface area contributed by atoms with Crippen molar-refractivity contribution in [2.24, 2.45) is 4.99 Å². The Bertz CT molecular complexity index is 918. The molecule has 0 atom stereocenters. The van der Waals surface area contributed by atoms with Gasteiger partial charge < -0.3 is 0 Å². The van der Waals surface area contributed by atoms with Crippen molar-refractivity contribution < 1.29 is 23.0 Å². The van der Waals surface area contributed by atoms with Gasteiger partial charge in [0, 0.05) is 5.56 Å². The van der Waals surface area contributed by atoms with E-state index in [1.807, 2.05) is 48.5 Å². The van der Waals surface area contributed by atoms with Crippen molar-refractivity contribution in [1.29, 1.82) is 0 Å². The summed E-state index contributed by atoms with van der Waals surface area (Å²) in [7, 11) is -3.98. The molecule has 7 nitrogen and oxygen atoms in total. The summed E-state index contributed by atoms with van der Waals surface area (Å²) in [6.45, 7) is 3.52. The Hall–Kier alpha value is -2.57. The first-order valence-corrected chi connectivity index (χ1v) is 10.4. The highest BCUT2D eigenvalue weighted by Gasteiger charge is 2.40. The number of hydrogen-bond acceptors (Lipinski definition) is 6. The van der Waals surface area contributed by atoms with Crippen LogP contribution >= 0.6 is 7.82 Å². The van der Waals surface area contributed by atoms with E-state index in [9.17, 15) is 9.36 Å². The minimum atomic E-state index is -3.98. The lowest BCUT2D eigenvalue weighted by molar-refractivity contribution is -0.141. The van der Waals surface area contributed by atoms with Gasteiger partial charge in [-0.25, -0.2) is 9.56 Å². The molecule has 2 aromatic carbocycles. The number of phosphoric ester groups is 1. The Kier molecular flexibility index (Phi) is 6.54. The van der Waals surface area contributed by atoms with Crippen LogP contribution in [0.2, 0.25) is 0 Å². The molecule has 0 saturated carbocycles. The fraction of sp³-hybridized carbons (Fsp3) is 0.200. The van der Waals surface area contributed by atoms with Crippen molar-refractivity contribution in [2.45, 2.75) is 13.8 Å². The molecular formula is C20H21N2O5P. The Labute approximate surface area is 163 Å². The van der Waals surface area contributed by atoms with Gasteiger partial charge in [0.15, 0.2) is 5.84 Å². The van der Waals surface area contributed by atoms with Gasteiger partial charge in [-0.05, 0) is 25.5 Å². The average Bonchev–Trinajstić information content (AvgIpc) is 2.99. The highest BCUT2D eigenvalue weighted by atomic mass is 31.2. The quantitative estimate of drug-likeness (QED) is 0.484. The van der Waals surface area contributed by atoms with E-state index < -0.39 is 13.7 Å². The number of phosphoric acid groups is 1. The lowest BCUT2D eigenvalue weighted by atomic mass is 10.2. The van der Waals surface area contributed by atoms with Crippen LogP contribution in [-0.2, 0) is 23.0 Å². The van der Waals surface area contributed by atoms with Crippen molar-refractivity contribution in [1.82, 2.24) is 5.06 Å². The smallest absolute Gasteiger partial charge is 0.286 e. The van der Waals surface area contributed by atoms with Crippen molar-refractivity contribution in [3.8, 4) is 0 Å². The lowest BCUT2D eigenvalue weighted by Gasteiger charge is -2.22. The van der Waals surface area contributed by atoms with E-state index in [-0.39, 0.29) is 24.7 Å². The topological polar surface area (TPSA) is 77.4 Å². The van der Waals surface area contributed by atoms with Crippen molar-refractivity contribution in [3.05, 3.63) is 77.5 Å². The maximum absolute atomic E-state index is 13.0. The number of nitrogens with zero attached hydrogens (tertiary/aromatic N) is 2. The van der Waals surface area contributed by atoms with Crippen LogP contribution < -0.4 is 0 Å². The first kappa shape index (κ1) is 20.2. The molecule has 28 heavy (non-hydrogen) atoms. The third-order valence-electron chi connectivity index (χ3n) is 3.71. The number of carbonyl (C=O) groups is 1. The molecule has 3 rings (SSSR count). The molecule has 0 saturated heterocycles. The zero-order chi connectivity index (χ0) is 20.0. The molecule has 0 N–H and O–H groups in total. The summed E-state index contributed by atoms with van der Waals surface area (Å²) in [5.41, 5.74) is 1.60. The van der Waals surface area contributed by atoms with Crippen molar-refractivity contribution >= 4 is 25.6 Å². The molecular weight excluding hydrogens is 379 g/mol. The Morgan fingerprint density at radius 3 is 2.11 bits per heavy atom. The molecule has 0 fully saturated rings. The first-order chi connectivity index (χ1) is 13.6. The minimum absolute atomic E-state index is 0.101. The number of hydrogen-bond donors (Lipinski definition) is 0. The largest absolute Gasteiger partial charge is 0.496 e. The third kappa shape index (κ3) is 4.64. The lowest BCUT2D eigenvalue weighted by Crippen LogP contribution is -2.32. The maximum Gasteiger partial charge on any atom is 0.496 e. The number of hydroxylamine groups is 2. The van der Waals surface area contributed by atoms with Crippen LogP contribution in [0.4, 0.5) is 0 Å². The standard InChI is InChI=1S/C20H21N2O5P/c1-3-25-28(24,26-4-2)27-22-19(17-13-9-6-10-14-17)21-18(20(22)23)15-16-11-7-5-8-12-16/h5-15H,3-4H2,1-2H3/b18-15-. The molecule has 1 aliphatic rings. The van der Waals surface area contributed by atoms with E-state index in [0.29, 0.717) is 5.56 Å². The first-order valence-electron chi connectivity index (χ1n) is 8.90. The van der Waals surface area contributed by atoms with Gasteiger partial charge in [0.2, 0.25) is 0 Å². The van der Waals surface area contributed by atoms with Gasteiger partial charge in [-0.15, -0.1) is 0 Å². The Morgan fingerprint density at radius 2 is 1.54 bits per heavy atom. The molecule has 0 spiro atoms. The Morgan fingerprint density at radius 1 is 0.964 bits per heavy atom. The molecule has 1 aliphatic heterocycles. The van der Waals surface area contributed by atoms with Crippen molar-refractivity contribution in [2.75, 3.05) is 13.2 Å². The average molecular weight is 400 g/mol. The van der Waals surface area contributed by atoms with Crippen LogP contribution in [0.3, 0.4) is 0 Å². The molecule has 1 amide bonds. The summed E-state index contributed by atoms with van der Waals surface area (Å²) in [6, 6.07) is 18.3. The van der Waals surface area contributed by atoms with Gasteiger partial charge in [-0.2, -0.15) is 9.69 Å². The highest BCUT2D eigenvalue weighted by Crippen LogP contribution is 2.51. The number of carbonyl (C=O) groups excluding carboxylic acids is 1. The van der Waals surface area contributed by atoms with Crippen LogP contribution in [0.5, 0.6) is 0 Å². The van der Waals surface area contributed by atoms with E-state index in [1.54, 1.807) is 32.1 Å². The molecule has 0 radical (unpaired) electrons. The summed E-state index contributed by atoms with van der Waals surface area (Å²) < 4.78 is 28.6.